The van der Waals surface area contributed by atoms with Gasteiger partial charge in [0.15, 0.2) is 0 Å². The molecule has 3 heterocycles. The molecule has 0 saturated heterocycles. The molecule has 2 aromatic carbocycles. The van der Waals surface area contributed by atoms with Gasteiger partial charge in [0.2, 0.25) is 0 Å². The molecule has 0 bridgehead atoms. The molecule has 0 radical (unpaired) electrons. The zero-order valence-corrected chi connectivity index (χ0v) is 17.2. The Balaban J connectivity index is 1.82. The van der Waals surface area contributed by atoms with E-state index in [2.05, 4.69) is 62.5 Å². The number of ether oxygens (including phenoxy) is 1. The monoisotopic (exact) mass is 383 g/mol. The second-order valence-electron chi connectivity index (χ2n) is 8.34. The van der Waals surface area contributed by atoms with Crippen LogP contribution in [0.1, 0.15) is 44.9 Å². The Morgan fingerprint density at radius 2 is 1.86 bits per heavy atom. The highest BCUT2D eigenvalue weighted by atomic mass is 16.5. The van der Waals surface area contributed by atoms with Gasteiger partial charge in [-0.15, -0.1) is 0 Å². The number of anilines is 1. The lowest BCUT2D eigenvalue weighted by atomic mass is 9.80. The Morgan fingerprint density at radius 1 is 1.00 bits per heavy atom. The lowest BCUT2D eigenvalue weighted by molar-refractivity contribution is 0.251. The quantitative estimate of drug-likeness (QED) is 0.474. The van der Waals surface area contributed by atoms with Gasteiger partial charge < -0.3 is 14.5 Å². The Hall–Kier alpha value is -3.20. The van der Waals surface area contributed by atoms with Crippen LogP contribution in [-0.4, -0.2) is 5.54 Å². The van der Waals surface area contributed by atoms with Crippen LogP contribution in [0.4, 0.5) is 5.69 Å². The Labute approximate surface area is 171 Å². The van der Waals surface area contributed by atoms with E-state index in [0.717, 1.165) is 28.3 Å². The van der Waals surface area contributed by atoms with Gasteiger partial charge in [-0.05, 0) is 69.2 Å². The molecule has 5 rings (SSSR count). The fourth-order valence-corrected chi connectivity index (χ4v) is 4.71. The molecule has 3 aromatic rings. The topological polar surface area (TPSA) is 34.4 Å². The van der Waals surface area contributed by atoms with E-state index in [1.165, 1.54) is 22.3 Å². The largest absolute Gasteiger partial charge is 0.481 e. The van der Waals surface area contributed by atoms with Crippen molar-refractivity contribution < 1.29 is 9.15 Å². The van der Waals surface area contributed by atoms with Crippen LogP contribution >= 0.6 is 0 Å². The average Bonchev–Trinajstić information content (AvgIpc) is 3.21. The van der Waals surface area contributed by atoms with Gasteiger partial charge in [-0.2, -0.15) is 0 Å². The number of hydrogen-bond donors (Lipinski definition) is 1. The van der Waals surface area contributed by atoms with E-state index in [4.69, 9.17) is 9.15 Å². The van der Waals surface area contributed by atoms with E-state index < -0.39 is 0 Å². The van der Waals surface area contributed by atoms with Crippen LogP contribution in [0.3, 0.4) is 0 Å². The van der Waals surface area contributed by atoms with Crippen LogP contribution in [0, 0.1) is 0 Å². The number of furan rings is 1. The molecule has 1 unspecified atom stereocenters. The molecule has 3 nitrogen and oxygen atoms in total. The van der Waals surface area contributed by atoms with Crippen molar-refractivity contribution in [3.05, 3.63) is 78.1 Å². The predicted molar refractivity (Wildman–Crippen MR) is 119 cm³/mol. The van der Waals surface area contributed by atoms with E-state index >= 15 is 0 Å². The SMILES string of the molecule is CC=CC1Oc2cccc(-c3ccco3)c2-c2ccc3c(c21)C(C)=CC(C)(C)N3. The number of fused-ring (bicyclic) bond motifs is 5. The van der Waals surface area contributed by atoms with Gasteiger partial charge in [0.25, 0.3) is 0 Å². The Bertz CT molecular complexity index is 1150. The molecule has 3 heteroatoms. The first-order valence-corrected chi connectivity index (χ1v) is 10.1. The average molecular weight is 383 g/mol. The van der Waals surface area contributed by atoms with Crippen LogP contribution in [0.15, 0.2) is 71.4 Å². The summed E-state index contributed by atoms with van der Waals surface area (Å²) in [6.07, 6.45) is 8.09. The number of rotatable bonds is 2. The number of hydrogen-bond acceptors (Lipinski definition) is 3. The van der Waals surface area contributed by atoms with Crippen LogP contribution in [0.25, 0.3) is 28.0 Å². The van der Waals surface area contributed by atoms with Gasteiger partial charge in [0.05, 0.1) is 11.8 Å². The maximum absolute atomic E-state index is 6.52. The molecule has 0 spiro atoms. The predicted octanol–water partition coefficient (Wildman–Crippen LogP) is 7.23. The van der Waals surface area contributed by atoms with Gasteiger partial charge in [-0.1, -0.05) is 30.4 Å². The Kier molecular flexibility index (Phi) is 3.95. The van der Waals surface area contributed by atoms with Crippen molar-refractivity contribution >= 4 is 11.3 Å². The van der Waals surface area contributed by atoms with E-state index in [1.54, 1.807) is 6.26 Å². The summed E-state index contributed by atoms with van der Waals surface area (Å²) in [7, 11) is 0. The van der Waals surface area contributed by atoms with Gasteiger partial charge in [0.1, 0.15) is 17.6 Å². The summed E-state index contributed by atoms with van der Waals surface area (Å²) in [6.45, 7) is 8.63. The van der Waals surface area contributed by atoms with E-state index in [-0.39, 0.29) is 11.6 Å². The maximum atomic E-state index is 6.52. The van der Waals surface area contributed by atoms with Crippen molar-refractivity contribution in [1.82, 2.24) is 0 Å². The molecule has 1 atom stereocenters. The fraction of sp³-hybridized carbons (Fsp3) is 0.231. The van der Waals surface area contributed by atoms with Crippen LogP contribution in [-0.2, 0) is 0 Å². The summed E-state index contributed by atoms with van der Waals surface area (Å²) in [6, 6.07) is 14.5. The van der Waals surface area contributed by atoms with Gasteiger partial charge in [0, 0.05) is 27.9 Å². The van der Waals surface area contributed by atoms with Crippen molar-refractivity contribution in [2.45, 2.75) is 39.3 Å². The summed E-state index contributed by atoms with van der Waals surface area (Å²) in [5.41, 5.74) is 8.16. The third-order valence-corrected chi connectivity index (χ3v) is 5.66. The van der Waals surface area contributed by atoms with Gasteiger partial charge >= 0.3 is 0 Å². The smallest absolute Gasteiger partial charge is 0.143 e. The maximum Gasteiger partial charge on any atom is 0.143 e. The normalized spacial score (nSPS) is 18.9. The molecule has 1 N–H and O–H groups in total. The van der Waals surface area contributed by atoms with Crippen molar-refractivity contribution in [3.8, 4) is 28.2 Å². The summed E-state index contributed by atoms with van der Waals surface area (Å²) in [4.78, 5) is 0. The highest BCUT2D eigenvalue weighted by molar-refractivity contribution is 5.94. The summed E-state index contributed by atoms with van der Waals surface area (Å²) < 4.78 is 12.3. The molecular weight excluding hydrogens is 358 g/mol. The van der Waals surface area contributed by atoms with Gasteiger partial charge in [-0.25, -0.2) is 0 Å². The molecule has 2 aliphatic rings. The number of benzene rings is 2. The summed E-state index contributed by atoms with van der Waals surface area (Å²) in [5, 5.41) is 3.67. The van der Waals surface area contributed by atoms with Crippen molar-refractivity contribution in [3.63, 3.8) is 0 Å². The van der Waals surface area contributed by atoms with E-state index in [9.17, 15) is 0 Å². The third kappa shape index (κ3) is 2.80. The second-order valence-corrected chi connectivity index (χ2v) is 8.34. The molecule has 0 amide bonds. The third-order valence-electron chi connectivity index (χ3n) is 5.66. The standard InChI is InChI=1S/C26H25NO2/c1-5-8-21-25-18(12-13-19-23(25)16(2)15-26(3,4)27-19)24-17(20-11-7-14-28-20)9-6-10-22(24)29-21/h5-15,21,27H,1-4H3. The van der Waals surface area contributed by atoms with Crippen LogP contribution < -0.4 is 10.1 Å². The molecule has 1 aromatic heterocycles. The number of allylic oxidation sites excluding steroid dienone is 2. The molecule has 29 heavy (non-hydrogen) atoms. The second kappa shape index (κ2) is 6.41. The van der Waals surface area contributed by atoms with Gasteiger partial charge in [-0.3, -0.25) is 0 Å². The zero-order chi connectivity index (χ0) is 20.2. The fourth-order valence-electron chi connectivity index (χ4n) is 4.71. The molecule has 0 saturated carbocycles. The lowest BCUT2D eigenvalue weighted by Crippen LogP contribution is -2.32. The van der Waals surface area contributed by atoms with E-state index in [0.29, 0.717) is 0 Å². The van der Waals surface area contributed by atoms with Crippen molar-refractivity contribution in [2.75, 3.05) is 5.32 Å². The molecule has 146 valence electrons. The summed E-state index contributed by atoms with van der Waals surface area (Å²) >= 11 is 0. The molecular formula is C26H25NO2. The lowest BCUT2D eigenvalue weighted by Gasteiger charge is -2.36. The minimum absolute atomic E-state index is 0.0752. The van der Waals surface area contributed by atoms with Crippen molar-refractivity contribution in [1.29, 1.82) is 0 Å². The molecule has 2 aliphatic heterocycles. The highest BCUT2D eigenvalue weighted by Crippen LogP contribution is 2.52. The van der Waals surface area contributed by atoms with Crippen molar-refractivity contribution in [2.24, 2.45) is 0 Å². The van der Waals surface area contributed by atoms with Crippen LogP contribution in [0.2, 0.25) is 0 Å². The first-order valence-electron chi connectivity index (χ1n) is 10.1. The van der Waals surface area contributed by atoms with Crippen LogP contribution in [0.5, 0.6) is 5.75 Å². The Morgan fingerprint density at radius 3 is 2.62 bits per heavy atom. The zero-order valence-electron chi connectivity index (χ0n) is 17.2. The minimum atomic E-state index is -0.129. The number of nitrogens with one attached hydrogen (secondary N) is 1. The minimum Gasteiger partial charge on any atom is -0.481 e. The first-order chi connectivity index (χ1) is 14.0. The highest BCUT2D eigenvalue weighted by Gasteiger charge is 2.33. The molecule has 0 fully saturated rings. The molecule has 0 aliphatic carbocycles. The van der Waals surface area contributed by atoms with E-state index in [1.807, 2.05) is 31.2 Å². The summed E-state index contributed by atoms with van der Waals surface area (Å²) in [5.74, 6) is 1.74. The first kappa shape index (κ1) is 17.9.